The first-order valence-corrected chi connectivity index (χ1v) is 4.43. The van der Waals surface area contributed by atoms with Crippen LogP contribution < -0.4 is 4.90 Å². The molecule has 0 amide bonds. The van der Waals surface area contributed by atoms with E-state index in [1.807, 2.05) is 32.5 Å². The van der Waals surface area contributed by atoms with E-state index >= 15 is 0 Å². The van der Waals surface area contributed by atoms with Gasteiger partial charge in [0.2, 0.25) is 5.95 Å². The Hall–Kier alpha value is -1.52. The molecule has 1 aromatic rings. The van der Waals surface area contributed by atoms with Crippen molar-refractivity contribution in [3.8, 4) is 0 Å². The van der Waals surface area contributed by atoms with Crippen LogP contribution in [0.15, 0.2) is 6.20 Å². The van der Waals surface area contributed by atoms with Gasteiger partial charge in [0.25, 0.3) is 0 Å². The summed E-state index contributed by atoms with van der Waals surface area (Å²) < 4.78 is 1.84. The molecule has 78 valence electrons. The smallest absolute Gasteiger partial charge is 0.356 e. The van der Waals surface area contributed by atoms with E-state index in [0.717, 1.165) is 0 Å². The second-order valence-corrected chi connectivity index (χ2v) is 3.63. The standard InChI is InChI=1S/C9H15N3O2/c1-6(2)12-5-7(8(13)14)10-9(12)11(3)4/h5-6H,1-4H3,(H,13,14). The van der Waals surface area contributed by atoms with Crippen molar-refractivity contribution >= 4 is 11.9 Å². The van der Waals surface area contributed by atoms with Crippen LogP contribution in [0.1, 0.15) is 30.4 Å². The first-order chi connectivity index (χ1) is 6.43. The number of carbonyl (C=O) groups is 1. The molecule has 0 fully saturated rings. The molecule has 5 heteroatoms. The molecule has 0 aliphatic heterocycles. The maximum atomic E-state index is 10.7. The van der Waals surface area contributed by atoms with E-state index in [0.29, 0.717) is 5.95 Å². The first-order valence-electron chi connectivity index (χ1n) is 4.43. The fourth-order valence-electron chi connectivity index (χ4n) is 1.20. The Bertz CT molecular complexity index is 316. The van der Waals surface area contributed by atoms with Crippen molar-refractivity contribution in [1.82, 2.24) is 9.55 Å². The molecule has 1 N–H and O–H groups in total. The molecule has 0 aliphatic carbocycles. The zero-order valence-corrected chi connectivity index (χ0v) is 8.85. The fraction of sp³-hybridized carbons (Fsp3) is 0.556. The molecule has 0 saturated carbocycles. The van der Waals surface area contributed by atoms with E-state index < -0.39 is 5.97 Å². The fourth-order valence-corrected chi connectivity index (χ4v) is 1.20. The van der Waals surface area contributed by atoms with Gasteiger partial charge in [0.05, 0.1) is 0 Å². The van der Waals surface area contributed by atoms with Gasteiger partial charge >= 0.3 is 5.97 Å². The van der Waals surface area contributed by atoms with Gasteiger partial charge in [-0.25, -0.2) is 9.78 Å². The zero-order valence-electron chi connectivity index (χ0n) is 8.85. The highest BCUT2D eigenvalue weighted by Gasteiger charge is 2.15. The van der Waals surface area contributed by atoms with E-state index in [1.165, 1.54) is 0 Å². The van der Waals surface area contributed by atoms with Crippen LogP contribution >= 0.6 is 0 Å². The largest absolute Gasteiger partial charge is 0.476 e. The third kappa shape index (κ3) is 1.86. The second-order valence-electron chi connectivity index (χ2n) is 3.63. The van der Waals surface area contributed by atoms with Gasteiger partial charge in [0.15, 0.2) is 5.69 Å². The predicted octanol–water partition coefficient (Wildman–Crippen LogP) is 1.23. The SMILES string of the molecule is CC(C)n1cc(C(=O)O)nc1N(C)C. The minimum absolute atomic E-state index is 0.0856. The lowest BCUT2D eigenvalue weighted by atomic mass is 10.4. The Balaban J connectivity index is 3.19. The molecular formula is C9H15N3O2. The molecule has 0 radical (unpaired) electrons. The lowest BCUT2D eigenvalue weighted by Crippen LogP contribution is -2.16. The summed E-state index contributed by atoms with van der Waals surface area (Å²) in [4.78, 5) is 16.5. The molecule has 5 nitrogen and oxygen atoms in total. The quantitative estimate of drug-likeness (QED) is 0.791. The molecule has 1 aromatic heterocycles. The van der Waals surface area contributed by atoms with Gasteiger partial charge in [-0.2, -0.15) is 0 Å². The third-order valence-electron chi connectivity index (χ3n) is 1.89. The van der Waals surface area contributed by atoms with Crippen LogP contribution in [0, 0.1) is 0 Å². The second kappa shape index (κ2) is 3.69. The summed E-state index contributed by atoms with van der Waals surface area (Å²) in [6, 6.07) is 0.202. The molecule has 0 bridgehead atoms. The number of aromatic carboxylic acids is 1. The van der Waals surface area contributed by atoms with Gasteiger partial charge in [-0.1, -0.05) is 0 Å². The van der Waals surface area contributed by atoms with Crippen molar-refractivity contribution in [1.29, 1.82) is 0 Å². The number of carboxylic acids is 1. The number of anilines is 1. The number of rotatable bonds is 3. The summed E-state index contributed by atoms with van der Waals surface area (Å²) in [6.07, 6.45) is 1.56. The van der Waals surface area contributed by atoms with Crippen molar-refractivity contribution in [2.24, 2.45) is 0 Å². The predicted molar refractivity (Wildman–Crippen MR) is 53.9 cm³/mol. The van der Waals surface area contributed by atoms with Crippen molar-refractivity contribution < 1.29 is 9.90 Å². The first kappa shape index (κ1) is 10.6. The van der Waals surface area contributed by atoms with Gasteiger partial charge in [-0.15, -0.1) is 0 Å². The van der Waals surface area contributed by atoms with Crippen LogP contribution in [0.4, 0.5) is 5.95 Å². The van der Waals surface area contributed by atoms with E-state index in [4.69, 9.17) is 5.11 Å². The number of carboxylic acid groups (broad SMARTS) is 1. The van der Waals surface area contributed by atoms with Crippen LogP contribution in [-0.2, 0) is 0 Å². The molecule has 0 aromatic carbocycles. The highest BCUT2D eigenvalue weighted by atomic mass is 16.4. The molecular weight excluding hydrogens is 182 g/mol. The third-order valence-corrected chi connectivity index (χ3v) is 1.89. The minimum Gasteiger partial charge on any atom is -0.476 e. The van der Waals surface area contributed by atoms with Gasteiger partial charge in [0, 0.05) is 26.3 Å². The minimum atomic E-state index is -0.993. The Labute approximate surface area is 83.0 Å². The van der Waals surface area contributed by atoms with Crippen molar-refractivity contribution in [3.63, 3.8) is 0 Å². The number of nitrogens with zero attached hydrogens (tertiary/aromatic N) is 3. The summed E-state index contributed by atoms with van der Waals surface area (Å²) in [5.41, 5.74) is 0.0856. The Kier molecular flexibility index (Phi) is 2.78. The topological polar surface area (TPSA) is 58.4 Å². The number of hydrogen-bond acceptors (Lipinski definition) is 3. The Morgan fingerprint density at radius 2 is 2.14 bits per heavy atom. The normalized spacial score (nSPS) is 10.6. The van der Waals surface area contributed by atoms with Crippen LogP contribution in [0.2, 0.25) is 0 Å². The Morgan fingerprint density at radius 3 is 2.43 bits per heavy atom. The van der Waals surface area contributed by atoms with Crippen LogP contribution in [0.3, 0.4) is 0 Å². The summed E-state index contributed by atoms with van der Waals surface area (Å²) in [5, 5.41) is 8.79. The van der Waals surface area contributed by atoms with Gasteiger partial charge in [0.1, 0.15) is 0 Å². The van der Waals surface area contributed by atoms with Gasteiger partial charge in [-0.3, -0.25) is 0 Å². The number of aromatic nitrogens is 2. The van der Waals surface area contributed by atoms with Gasteiger partial charge in [-0.05, 0) is 13.8 Å². The van der Waals surface area contributed by atoms with Crippen LogP contribution in [-0.4, -0.2) is 34.7 Å². The van der Waals surface area contributed by atoms with E-state index in [2.05, 4.69) is 4.98 Å². The zero-order chi connectivity index (χ0) is 10.9. The Morgan fingerprint density at radius 1 is 1.57 bits per heavy atom. The molecule has 0 spiro atoms. The highest BCUT2D eigenvalue weighted by Crippen LogP contribution is 2.17. The van der Waals surface area contributed by atoms with Crippen molar-refractivity contribution in [2.75, 3.05) is 19.0 Å². The molecule has 0 aliphatic rings. The lowest BCUT2D eigenvalue weighted by Gasteiger charge is -2.16. The summed E-state index contributed by atoms with van der Waals surface area (Å²) in [6.45, 7) is 3.97. The van der Waals surface area contributed by atoms with Crippen molar-refractivity contribution in [3.05, 3.63) is 11.9 Å². The monoisotopic (exact) mass is 197 g/mol. The molecule has 0 atom stereocenters. The van der Waals surface area contributed by atoms with Crippen LogP contribution in [0.5, 0.6) is 0 Å². The molecule has 1 heterocycles. The van der Waals surface area contributed by atoms with Crippen molar-refractivity contribution in [2.45, 2.75) is 19.9 Å². The average molecular weight is 197 g/mol. The summed E-state index contributed by atoms with van der Waals surface area (Å²) in [5.74, 6) is -0.329. The summed E-state index contributed by atoms with van der Waals surface area (Å²) in [7, 11) is 3.68. The molecule has 0 unspecified atom stereocenters. The number of imidazole rings is 1. The maximum Gasteiger partial charge on any atom is 0.356 e. The summed E-state index contributed by atoms with van der Waals surface area (Å²) >= 11 is 0. The van der Waals surface area contributed by atoms with Crippen LogP contribution in [0.25, 0.3) is 0 Å². The van der Waals surface area contributed by atoms with E-state index in [-0.39, 0.29) is 11.7 Å². The highest BCUT2D eigenvalue weighted by molar-refractivity contribution is 5.85. The molecule has 1 rings (SSSR count). The molecule has 0 saturated heterocycles. The van der Waals surface area contributed by atoms with E-state index in [9.17, 15) is 4.79 Å². The lowest BCUT2D eigenvalue weighted by molar-refractivity contribution is 0.0691. The van der Waals surface area contributed by atoms with E-state index in [1.54, 1.807) is 11.1 Å². The average Bonchev–Trinajstić information content (AvgIpc) is 2.47. The molecule has 14 heavy (non-hydrogen) atoms. The maximum absolute atomic E-state index is 10.7. The number of hydrogen-bond donors (Lipinski definition) is 1. The van der Waals surface area contributed by atoms with Gasteiger partial charge < -0.3 is 14.6 Å².